The first-order valence-electron chi connectivity index (χ1n) is 5.02. The van der Waals surface area contributed by atoms with Crippen LogP contribution in [0.2, 0.25) is 0 Å². The summed E-state index contributed by atoms with van der Waals surface area (Å²) in [5, 5.41) is 0. The molecule has 0 saturated carbocycles. The zero-order valence-electron chi connectivity index (χ0n) is 9.45. The second kappa shape index (κ2) is 4.04. The highest BCUT2D eigenvalue weighted by atomic mass is 16.6. The van der Waals surface area contributed by atoms with Crippen LogP contribution in [-0.4, -0.2) is 29.0 Å². The average molecular weight is 211 g/mol. The topological polar surface area (TPSA) is 46.6 Å². The normalized spacial score (nSPS) is 21.7. The molecule has 0 aliphatic carbocycles. The van der Waals surface area contributed by atoms with Crippen molar-refractivity contribution >= 4 is 12.0 Å². The monoisotopic (exact) mass is 211 g/mol. The van der Waals surface area contributed by atoms with Gasteiger partial charge in [0.1, 0.15) is 5.60 Å². The first-order chi connectivity index (χ1) is 6.85. The van der Waals surface area contributed by atoms with E-state index in [-0.39, 0.29) is 11.8 Å². The molecule has 0 aromatic heterocycles. The van der Waals surface area contributed by atoms with Crippen molar-refractivity contribution in [2.75, 3.05) is 6.54 Å². The minimum absolute atomic E-state index is 0.209. The summed E-state index contributed by atoms with van der Waals surface area (Å²) >= 11 is 0. The van der Waals surface area contributed by atoms with Crippen LogP contribution in [0.1, 0.15) is 27.2 Å². The van der Waals surface area contributed by atoms with Crippen molar-refractivity contribution in [3.05, 3.63) is 12.7 Å². The molecule has 84 valence electrons. The molecule has 0 spiro atoms. The largest absolute Gasteiger partial charge is 0.443 e. The molecular formula is C11H17NO3. The lowest BCUT2D eigenvalue weighted by molar-refractivity contribution is -0.129. The number of amides is 2. The minimum Gasteiger partial charge on any atom is -0.443 e. The summed E-state index contributed by atoms with van der Waals surface area (Å²) in [4.78, 5) is 24.3. The van der Waals surface area contributed by atoms with Crippen molar-refractivity contribution < 1.29 is 14.3 Å². The molecule has 1 heterocycles. The van der Waals surface area contributed by atoms with Crippen LogP contribution in [0.3, 0.4) is 0 Å². The smallest absolute Gasteiger partial charge is 0.417 e. The highest BCUT2D eigenvalue weighted by Crippen LogP contribution is 2.21. The predicted octanol–water partition coefficient (Wildman–Crippen LogP) is 1.96. The molecule has 1 rings (SSSR count). The average Bonchev–Trinajstić information content (AvgIpc) is 2.43. The SMILES string of the molecule is C=C[C@H]1CCN(C(=O)OC(C)(C)C)C1=O. The van der Waals surface area contributed by atoms with Crippen LogP contribution in [0, 0.1) is 5.92 Å². The second-order valence-corrected chi connectivity index (χ2v) is 4.60. The molecule has 1 atom stereocenters. The van der Waals surface area contributed by atoms with Gasteiger partial charge in [0.05, 0.1) is 5.92 Å². The van der Waals surface area contributed by atoms with Crippen LogP contribution in [0.25, 0.3) is 0 Å². The maximum Gasteiger partial charge on any atom is 0.417 e. The zero-order valence-corrected chi connectivity index (χ0v) is 9.45. The highest BCUT2D eigenvalue weighted by molar-refractivity contribution is 5.95. The van der Waals surface area contributed by atoms with Gasteiger partial charge in [-0.15, -0.1) is 6.58 Å². The van der Waals surface area contributed by atoms with Crippen LogP contribution >= 0.6 is 0 Å². The third kappa shape index (κ3) is 2.81. The second-order valence-electron chi connectivity index (χ2n) is 4.60. The Hall–Kier alpha value is -1.32. The Balaban J connectivity index is 2.63. The fourth-order valence-corrected chi connectivity index (χ4v) is 1.42. The lowest BCUT2D eigenvalue weighted by Gasteiger charge is -2.23. The summed E-state index contributed by atoms with van der Waals surface area (Å²) in [5.41, 5.74) is -0.566. The molecule has 4 nitrogen and oxygen atoms in total. The van der Waals surface area contributed by atoms with Crippen LogP contribution in [-0.2, 0) is 9.53 Å². The van der Waals surface area contributed by atoms with E-state index in [2.05, 4.69) is 6.58 Å². The van der Waals surface area contributed by atoms with E-state index >= 15 is 0 Å². The van der Waals surface area contributed by atoms with Gasteiger partial charge in [0, 0.05) is 6.54 Å². The number of hydrogen-bond donors (Lipinski definition) is 0. The molecule has 1 aliphatic heterocycles. The van der Waals surface area contributed by atoms with Gasteiger partial charge in [0.2, 0.25) is 5.91 Å². The quantitative estimate of drug-likeness (QED) is 0.623. The molecule has 15 heavy (non-hydrogen) atoms. The van der Waals surface area contributed by atoms with Gasteiger partial charge in [-0.1, -0.05) is 6.08 Å². The van der Waals surface area contributed by atoms with Crippen molar-refractivity contribution in [1.82, 2.24) is 4.90 Å². The maximum atomic E-state index is 11.6. The van der Waals surface area contributed by atoms with Gasteiger partial charge in [-0.2, -0.15) is 0 Å². The number of carbonyl (C=O) groups excluding carboxylic acids is 2. The highest BCUT2D eigenvalue weighted by Gasteiger charge is 2.36. The molecule has 0 aromatic rings. The first kappa shape index (κ1) is 11.8. The fraction of sp³-hybridized carbons (Fsp3) is 0.636. The van der Waals surface area contributed by atoms with E-state index in [1.54, 1.807) is 26.8 Å². The number of ether oxygens (including phenoxy) is 1. The zero-order chi connectivity index (χ0) is 11.6. The number of carbonyl (C=O) groups is 2. The van der Waals surface area contributed by atoms with Crippen LogP contribution in [0.4, 0.5) is 4.79 Å². The molecule has 1 fully saturated rings. The summed E-state index contributed by atoms with van der Waals surface area (Å²) in [7, 11) is 0. The molecular weight excluding hydrogens is 194 g/mol. The Morgan fingerprint density at radius 2 is 2.20 bits per heavy atom. The number of rotatable bonds is 1. The van der Waals surface area contributed by atoms with Crippen LogP contribution < -0.4 is 0 Å². The molecule has 0 unspecified atom stereocenters. The van der Waals surface area contributed by atoms with Gasteiger partial charge < -0.3 is 4.74 Å². The van der Waals surface area contributed by atoms with Gasteiger partial charge in [-0.25, -0.2) is 9.69 Å². The fourth-order valence-electron chi connectivity index (χ4n) is 1.42. The molecule has 4 heteroatoms. The molecule has 0 aromatic carbocycles. The summed E-state index contributed by atoms with van der Waals surface area (Å²) in [6, 6.07) is 0. The Morgan fingerprint density at radius 3 is 2.60 bits per heavy atom. The molecule has 0 N–H and O–H groups in total. The van der Waals surface area contributed by atoms with Gasteiger partial charge >= 0.3 is 6.09 Å². The maximum absolute atomic E-state index is 11.6. The van der Waals surface area contributed by atoms with E-state index in [9.17, 15) is 9.59 Å². The van der Waals surface area contributed by atoms with Gasteiger partial charge in [0.15, 0.2) is 0 Å². The van der Waals surface area contributed by atoms with Crippen molar-refractivity contribution in [1.29, 1.82) is 0 Å². The third-order valence-electron chi connectivity index (χ3n) is 2.15. The molecule has 1 aliphatic rings. The molecule has 2 amide bonds. The lowest BCUT2D eigenvalue weighted by atomic mass is 10.1. The Bertz CT molecular complexity index is 291. The van der Waals surface area contributed by atoms with E-state index in [4.69, 9.17) is 4.74 Å². The Morgan fingerprint density at radius 1 is 1.60 bits per heavy atom. The standard InChI is InChI=1S/C11H17NO3/c1-5-8-6-7-12(9(8)13)10(14)15-11(2,3)4/h5,8H,1,6-7H2,2-4H3/t8-/m0/s1. The van der Waals surface area contributed by atoms with Crippen molar-refractivity contribution in [2.24, 2.45) is 5.92 Å². The lowest BCUT2D eigenvalue weighted by Crippen LogP contribution is -2.38. The molecule has 0 radical (unpaired) electrons. The van der Waals surface area contributed by atoms with E-state index < -0.39 is 11.7 Å². The van der Waals surface area contributed by atoms with Gasteiger partial charge in [-0.3, -0.25) is 4.79 Å². The van der Waals surface area contributed by atoms with Gasteiger partial charge in [-0.05, 0) is 27.2 Å². The summed E-state index contributed by atoms with van der Waals surface area (Å²) in [6.45, 7) is 9.31. The summed E-state index contributed by atoms with van der Waals surface area (Å²) in [6.07, 6.45) is 1.66. The molecule has 0 bridgehead atoms. The first-order valence-corrected chi connectivity index (χ1v) is 5.02. The van der Waals surface area contributed by atoms with Crippen molar-refractivity contribution in [2.45, 2.75) is 32.8 Å². The predicted molar refractivity (Wildman–Crippen MR) is 56.3 cm³/mol. The van der Waals surface area contributed by atoms with E-state index in [1.807, 2.05) is 0 Å². The van der Waals surface area contributed by atoms with E-state index in [1.165, 1.54) is 0 Å². The van der Waals surface area contributed by atoms with Crippen molar-refractivity contribution in [3.63, 3.8) is 0 Å². The van der Waals surface area contributed by atoms with Crippen molar-refractivity contribution in [3.8, 4) is 0 Å². The number of imide groups is 1. The van der Waals surface area contributed by atoms with E-state index in [0.717, 1.165) is 4.90 Å². The molecule has 1 saturated heterocycles. The number of hydrogen-bond acceptors (Lipinski definition) is 3. The number of nitrogens with zero attached hydrogens (tertiary/aromatic N) is 1. The third-order valence-corrected chi connectivity index (χ3v) is 2.15. The minimum atomic E-state index is -0.566. The van der Waals surface area contributed by atoms with Crippen LogP contribution in [0.15, 0.2) is 12.7 Å². The van der Waals surface area contributed by atoms with Gasteiger partial charge in [0.25, 0.3) is 0 Å². The van der Waals surface area contributed by atoms with E-state index in [0.29, 0.717) is 13.0 Å². The Labute approximate surface area is 89.9 Å². The number of likely N-dealkylation sites (tertiary alicyclic amines) is 1. The summed E-state index contributed by atoms with van der Waals surface area (Å²) in [5.74, 6) is -0.447. The van der Waals surface area contributed by atoms with Crippen LogP contribution in [0.5, 0.6) is 0 Å². The summed E-state index contributed by atoms with van der Waals surface area (Å²) < 4.78 is 5.12. The Kier molecular flexibility index (Phi) is 3.17.